The van der Waals surface area contributed by atoms with Crippen LogP contribution < -0.4 is 10.1 Å². The minimum atomic E-state index is -0.231. The van der Waals surface area contributed by atoms with Crippen molar-refractivity contribution < 1.29 is 9.13 Å². The van der Waals surface area contributed by atoms with E-state index in [1.165, 1.54) is 6.07 Å². The molecular weight excluding hydrogens is 241 g/mol. The van der Waals surface area contributed by atoms with E-state index < -0.39 is 0 Å². The topological polar surface area (TPSA) is 21.3 Å². The minimum absolute atomic E-state index is 0.231. The first-order valence-corrected chi connectivity index (χ1v) is 6.24. The molecule has 0 fully saturated rings. The van der Waals surface area contributed by atoms with Gasteiger partial charge in [-0.15, -0.1) is 0 Å². The van der Waals surface area contributed by atoms with Crippen LogP contribution in [0, 0.1) is 19.7 Å². The molecule has 0 amide bonds. The third-order valence-corrected chi connectivity index (χ3v) is 3.20. The largest absolute Gasteiger partial charge is 0.496 e. The average Bonchev–Trinajstić information content (AvgIpc) is 2.41. The van der Waals surface area contributed by atoms with E-state index in [2.05, 4.69) is 11.4 Å². The quantitative estimate of drug-likeness (QED) is 0.894. The molecule has 0 spiro atoms. The number of hydrogen-bond acceptors (Lipinski definition) is 2. The molecule has 0 aliphatic carbocycles. The van der Waals surface area contributed by atoms with E-state index in [0.717, 1.165) is 22.4 Å². The van der Waals surface area contributed by atoms with Gasteiger partial charge in [0.2, 0.25) is 0 Å². The molecule has 0 saturated heterocycles. The van der Waals surface area contributed by atoms with E-state index >= 15 is 0 Å². The summed E-state index contributed by atoms with van der Waals surface area (Å²) in [5, 5.41) is 3.12. The molecule has 3 heteroatoms. The highest BCUT2D eigenvalue weighted by atomic mass is 19.1. The summed E-state index contributed by atoms with van der Waals surface area (Å²) in [6.45, 7) is 4.63. The Balaban J connectivity index is 2.16. The van der Waals surface area contributed by atoms with Gasteiger partial charge < -0.3 is 10.1 Å². The molecule has 0 radical (unpaired) electrons. The molecular formula is C16H18FNO. The van der Waals surface area contributed by atoms with Gasteiger partial charge in [-0.2, -0.15) is 0 Å². The summed E-state index contributed by atoms with van der Waals surface area (Å²) in [5.74, 6) is 0.650. The molecule has 0 aliphatic heterocycles. The normalized spacial score (nSPS) is 10.3. The van der Waals surface area contributed by atoms with Crippen LogP contribution in [0.2, 0.25) is 0 Å². The molecule has 0 aliphatic rings. The standard InChI is InChI=1S/C16H18FNO/c1-11-9-16(19-3)12(2)8-13(11)10-18-15-7-5-4-6-14(15)17/h4-9,18H,10H2,1-3H3. The van der Waals surface area contributed by atoms with Gasteiger partial charge in [0.05, 0.1) is 12.8 Å². The lowest BCUT2D eigenvalue weighted by Gasteiger charge is -2.13. The van der Waals surface area contributed by atoms with Gasteiger partial charge in [0.15, 0.2) is 0 Å². The molecule has 0 unspecified atom stereocenters. The van der Waals surface area contributed by atoms with Crippen LogP contribution in [0.15, 0.2) is 36.4 Å². The van der Waals surface area contributed by atoms with Crippen molar-refractivity contribution in [1.29, 1.82) is 0 Å². The molecule has 2 aromatic carbocycles. The first kappa shape index (κ1) is 13.4. The Morgan fingerprint density at radius 2 is 1.84 bits per heavy atom. The molecule has 0 bridgehead atoms. The lowest BCUT2D eigenvalue weighted by atomic mass is 10.0. The van der Waals surface area contributed by atoms with Gasteiger partial charge >= 0.3 is 0 Å². The van der Waals surface area contributed by atoms with E-state index in [1.54, 1.807) is 19.2 Å². The molecule has 1 N–H and O–H groups in total. The number of benzene rings is 2. The number of para-hydroxylation sites is 1. The Bertz CT molecular complexity index is 581. The summed E-state index contributed by atoms with van der Waals surface area (Å²) in [6, 6.07) is 10.8. The van der Waals surface area contributed by atoms with E-state index in [0.29, 0.717) is 12.2 Å². The van der Waals surface area contributed by atoms with Crippen molar-refractivity contribution in [3.8, 4) is 5.75 Å². The second kappa shape index (κ2) is 5.74. The van der Waals surface area contributed by atoms with Gasteiger partial charge in [-0.25, -0.2) is 4.39 Å². The lowest BCUT2D eigenvalue weighted by Crippen LogP contribution is -2.04. The predicted octanol–water partition coefficient (Wildman–Crippen LogP) is 4.06. The van der Waals surface area contributed by atoms with Gasteiger partial charge in [-0.3, -0.25) is 0 Å². The molecule has 0 aromatic heterocycles. The van der Waals surface area contributed by atoms with Gasteiger partial charge in [-0.05, 0) is 48.7 Å². The molecule has 0 saturated carbocycles. The fourth-order valence-electron chi connectivity index (χ4n) is 2.05. The Labute approximate surface area is 113 Å². The zero-order chi connectivity index (χ0) is 13.8. The van der Waals surface area contributed by atoms with Crippen LogP contribution in [0.5, 0.6) is 5.75 Å². The Morgan fingerprint density at radius 3 is 2.53 bits per heavy atom. The van der Waals surface area contributed by atoms with Crippen molar-refractivity contribution >= 4 is 5.69 Å². The van der Waals surface area contributed by atoms with Gasteiger partial charge in [-0.1, -0.05) is 18.2 Å². The average molecular weight is 259 g/mol. The Morgan fingerprint density at radius 1 is 1.11 bits per heavy atom. The van der Waals surface area contributed by atoms with Crippen LogP contribution in [0.1, 0.15) is 16.7 Å². The van der Waals surface area contributed by atoms with Crippen molar-refractivity contribution in [2.24, 2.45) is 0 Å². The summed E-state index contributed by atoms with van der Waals surface area (Å²) < 4.78 is 18.8. The van der Waals surface area contributed by atoms with Crippen LogP contribution in [-0.2, 0) is 6.54 Å². The number of halogens is 1. The number of methoxy groups -OCH3 is 1. The fourth-order valence-corrected chi connectivity index (χ4v) is 2.05. The van der Waals surface area contributed by atoms with E-state index in [9.17, 15) is 4.39 Å². The SMILES string of the molecule is COc1cc(C)c(CNc2ccccc2F)cc1C. The van der Waals surface area contributed by atoms with Crippen molar-refractivity contribution in [3.63, 3.8) is 0 Å². The van der Waals surface area contributed by atoms with Gasteiger partial charge in [0, 0.05) is 6.54 Å². The number of nitrogens with one attached hydrogen (secondary N) is 1. The Hall–Kier alpha value is -2.03. The highest BCUT2D eigenvalue weighted by Crippen LogP contribution is 2.23. The molecule has 0 atom stereocenters. The minimum Gasteiger partial charge on any atom is -0.496 e. The molecule has 19 heavy (non-hydrogen) atoms. The van der Waals surface area contributed by atoms with Crippen LogP contribution in [0.25, 0.3) is 0 Å². The van der Waals surface area contributed by atoms with Crippen molar-refractivity contribution in [2.75, 3.05) is 12.4 Å². The maximum atomic E-state index is 13.5. The highest BCUT2D eigenvalue weighted by Gasteiger charge is 2.06. The van der Waals surface area contributed by atoms with Crippen molar-refractivity contribution in [2.45, 2.75) is 20.4 Å². The number of ether oxygens (including phenoxy) is 1. The van der Waals surface area contributed by atoms with Crippen LogP contribution in [-0.4, -0.2) is 7.11 Å². The van der Waals surface area contributed by atoms with E-state index in [1.807, 2.05) is 26.0 Å². The monoisotopic (exact) mass is 259 g/mol. The van der Waals surface area contributed by atoms with E-state index in [4.69, 9.17) is 4.74 Å². The second-order valence-electron chi connectivity index (χ2n) is 4.58. The molecule has 2 rings (SSSR count). The van der Waals surface area contributed by atoms with Crippen molar-refractivity contribution in [3.05, 3.63) is 58.9 Å². The maximum absolute atomic E-state index is 13.5. The smallest absolute Gasteiger partial charge is 0.146 e. The molecule has 100 valence electrons. The first-order chi connectivity index (χ1) is 9.11. The van der Waals surface area contributed by atoms with Crippen LogP contribution in [0.4, 0.5) is 10.1 Å². The van der Waals surface area contributed by atoms with Gasteiger partial charge in [0.1, 0.15) is 11.6 Å². The lowest BCUT2D eigenvalue weighted by molar-refractivity contribution is 0.411. The summed E-state index contributed by atoms with van der Waals surface area (Å²) in [5.41, 5.74) is 3.88. The number of anilines is 1. The zero-order valence-electron chi connectivity index (χ0n) is 11.5. The number of hydrogen-bond donors (Lipinski definition) is 1. The molecule has 0 heterocycles. The van der Waals surface area contributed by atoms with Crippen LogP contribution in [0.3, 0.4) is 0 Å². The highest BCUT2D eigenvalue weighted by molar-refractivity contribution is 5.47. The van der Waals surface area contributed by atoms with Gasteiger partial charge in [0.25, 0.3) is 0 Å². The summed E-state index contributed by atoms with van der Waals surface area (Å²) in [6.07, 6.45) is 0. The maximum Gasteiger partial charge on any atom is 0.146 e. The van der Waals surface area contributed by atoms with Crippen LogP contribution >= 0.6 is 0 Å². The number of rotatable bonds is 4. The summed E-state index contributed by atoms with van der Waals surface area (Å²) >= 11 is 0. The number of aryl methyl sites for hydroxylation is 2. The third-order valence-electron chi connectivity index (χ3n) is 3.20. The second-order valence-corrected chi connectivity index (χ2v) is 4.58. The van der Waals surface area contributed by atoms with Crippen molar-refractivity contribution in [1.82, 2.24) is 0 Å². The fraction of sp³-hybridized carbons (Fsp3) is 0.250. The third kappa shape index (κ3) is 3.05. The zero-order valence-corrected chi connectivity index (χ0v) is 11.5. The summed E-state index contributed by atoms with van der Waals surface area (Å²) in [4.78, 5) is 0. The summed E-state index contributed by atoms with van der Waals surface area (Å²) in [7, 11) is 1.67. The predicted molar refractivity (Wildman–Crippen MR) is 76.2 cm³/mol. The molecule has 2 nitrogen and oxygen atoms in total. The Kier molecular flexibility index (Phi) is 4.05. The molecule has 2 aromatic rings. The first-order valence-electron chi connectivity index (χ1n) is 6.24. The van der Waals surface area contributed by atoms with E-state index in [-0.39, 0.29) is 5.82 Å².